The van der Waals surface area contributed by atoms with Crippen LogP contribution in [0.25, 0.3) is 0 Å². The van der Waals surface area contributed by atoms with Crippen LogP contribution in [-0.4, -0.2) is 6.10 Å². The van der Waals surface area contributed by atoms with Gasteiger partial charge in [0.1, 0.15) is 5.75 Å². The van der Waals surface area contributed by atoms with E-state index >= 15 is 0 Å². The van der Waals surface area contributed by atoms with Crippen LogP contribution in [0.15, 0.2) is 18.2 Å². The molecule has 2 nitrogen and oxygen atoms in total. The van der Waals surface area contributed by atoms with Gasteiger partial charge in [-0.25, -0.2) is 0 Å². The minimum absolute atomic E-state index is 0.0382. The molecule has 0 aromatic heterocycles. The predicted octanol–water partition coefficient (Wildman–Crippen LogP) is 3.34. The van der Waals surface area contributed by atoms with Gasteiger partial charge in [0.25, 0.3) is 0 Å². The molecule has 0 bridgehead atoms. The van der Waals surface area contributed by atoms with Crippen molar-refractivity contribution in [3.63, 3.8) is 0 Å². The highest BCUT2D eigenvalue weighted by Crippen LogP contribution is 2.29. The molecule has 1 aliphatic carbocycles. The molecule has 2 rings (SSSR count). The molecule has 0 heterocycles. The van der Waals surface area contributed by atoms with Crippen LogP contribution < -0.4 is 10.5 Å². The highest BCUT2D eigenvalue weighted by molar-refractivity contribution is 5.38. The van der Waals surface area contributed by atoms with Gasteiger partial charge in [0, 0.05) is 11.6 Å². The van der Waals surface area contributed by atoms with Crippen LogP contribution in [0, 0.1) is 6.92 Å². The molecule has 1 fully saturated rings. The van der Waals surface area contributed by atoms with Crippen molar-refractivity contribution in [2.75, 3.05) is 0 Å². The minimum atomic E-state index is 0.0382. The molecule has 88 valence electrons. The van der Waals surface area contributed by atoms with E-state index in [1.807, 2.05) is 6.92 Å². The Morgan fingerprint density at radius 3 is 2.62 bits per heavy atom. The van der Waals surface area contributed by atoms with Crippen LogP contribution >= 0.6 is 0 Å². The summed E-state index contributed by atoms with van der Waals surface area (Å²) in [7, 11) is 0. The second kappa shape index (κ2) is 4.88. The third-order valence-corrected chi connectivity index (χ3v) is 3.25. The van der Waals surface area contributed by atoms with Gasteiger partial charge in [-0.1, -0.05) is 17.7 Å². The number of benzene rings is 1. The van der Waals surface area contributed by atoms with Crippen LogP contribution in [0.2, 0.25) is 0 Å². The molecule has 1 saturated carbocycles. The Bertz CT molecular complexity index is 354. The lowest BCUT2D eigenvalue weighted by Gasteiger charge is -2.18. The lowest BCUT2D eigenvalue weighted by molar-refractivity contribution is 0.207. The lowest BCUT2D eigenvalue weighted by Crippen LogP contribution is -2.15. The number of rotatable bonds is 3. The first-order chi connectivity index (χ1) is 7.66. The molecule has 2 heteroatoms. The molecule has 0 amide bonds. The molecule has 1 atom stereocenters. The average Bonchev–Trinajstić information content (AvgIpc) is 2.73. The maximum absolute atomic E-state index is 6.04. The Labute approximate surface area is 97.8 Å². The van der Waals surface area contributed by atoms with Gasteiger partial charge >= 0.3 is 0 Å². The van der Waals surface area contributed by atoms with Crippen molar-refractivity contribution >= 4 is 0 Å². The first kappa shape index (κ1) is 11.5. The summed E-state index contributed by atoms with van der Waals surface area (Å²) in [5, 5.41) is 0. The van der Waals surface area contributed by atoms with E-state index in [9.17, 15) is 0 Å². The number of hydrogen-bond donors (Lipinski definition) is 1. The molecule has 1 aromatic rings. The molecular formula is C14H21NO. The normalized spacial score (nSPS) is 18.7. The summed E-state index contributed by atoms with van der Waals surface area (Å²) in [5.74, 6) is 0.979. The third kappa shape index (κ3) is 2.56. The van der Waals surface area contributed by atoms with E-state index in [1.165, 1.54) is 31.2 Å². The van der Waals surface area contributed by atoms with Crippen LogP contribution in [0.4, 0.5) is 0 Å². The maximum Gasteiger partial charge on any atom is 0.124 e. The van der Waals surface area contributed by atoms with Gasteiger partial charge in [-0.2, -0.15) is 0 Å². The van der Waals surface area contributed by atoms with Gasteiger partial charge in [-0.3, -0.25) is 0 Å². The monoisotopic (exact) mass is 219 g/mol. The Hall–Kier alpha value is -1.02. The SMILES string of the molecule is Cc1ccc(OC2CCCC2)c([C@H](C)N)c1. The highest BCUT2D eigenvalue weighted by Gasteiger charge is 2.18. The Morgan fingerprint density at radius 1 is 1.31 bits per heavy atom. The molecule has 0 spiro atoms. The van der Waals surface area contributed by atoms with Gasteiger partial charge in [0.15, 0.2) is 0 Å². The van der Waals surface area contributed by atoms with Gasteiger partial charge in [0.2, 0.25) is 0 Å². The summed E-state index contributed by atoms with van der Waals surface area (Å²) in [6.07, 6.45) is 5.37. The fourth-order valence-electron chi connectivity index (χ4n) is 2.32. The van der Waals surface area contributed by atoms with Crippen LogP contribution in [0.5, 0.6) is 5.75 Å². The van der Waals surface area contributed by atoms with Gasteiger partial charge in [-0.15, -0.1) is 0 Å². The third-order valence-electron chi connectivity index (χ3n) is 3.25. The number of ether oxygens (including phenoxy) is 1. The van der Waals surface area contributed by atoms with Gasteiger partial charge in [-0.05, 0) is 45.6 Å². The number of aryl methyl sites for hydroxylation is 1. The van der Waals surface area contributed by atoms with Crippen LogP contribution in [0.3, 0.4) is 0 Å². The number of nitrogens with two attached hydrogens (primary N) is 1. The van der Waals surface area contributed by atoms with Crippen molar-refractivity contribution in [2.24, 2.45) is 5.73 Å². The van der Waals surface area contributed by atoms with E-state index in [1.54, 1.807) is 0 Å². The van der Waals surface area contributed by atoms with E-state index in [4.69, 9.17) is 10.5 Å². The van der Waals surface area contributed by atoms with E-state index in [2.05, 4.69) is 25.1 Å². The Morgan fingerprint density at radius 2 is 2.00 bits per heavy atom. The zero-order valence-corrected chi connectivity index (χ0v) is 10.2. The minimum Gasteiger partial charge on any atom is -0.490 e. The van der Waals surface area contributed by atoms with Crippen molar-refractivity contribution in [1.82, 2.24) is 0 Å². The summed E-state index contributed by atoms with van der Waals surface area (Å²) >= 11 is 0. The van der Waals surface area contributed by atoms with Gasteiger partial charge < -0.3 is 10.5 Å². The first-order valence-corrected chi connectivity index (χ1v) is 6.19. The molecular weight excluding hydrogens is 198 g/mol. The lowest BCUT2D eigenvalue weighted by atomic mass is 10.0. The van der Waals surface area contributed by atoms with Crippen molar-refractivity contribution in [3.8, 4) is 5.75 Å². The molecule has 2 N–H and O–H groups in total. The van der Waals surface area contributed by atoms with E-state index < -0.39 is 0 Å². The Balaban J connectivity index is 2.18. The Kier molecular flexibility index (Phi) is 3.49. The molecule has 16 heavy (non-hydrogen) atoms. The summed E-state index contributed by atoms with van der Waals surface area (Å²) in [4.78, 5) is 0. The van der Waals surface area contributed by atoms with Crippen molar-refractivity contribution in [2.45, 2.75) is 51.7 Å². The zero-order chi connectivity index (χ0) is 11.5. The molecule has 0 aliphatic heterocycles. The average molecular weight is 219 g/mol. The first-order valence-electron chi connectivity index (χ1n) is 6.19. The standard InChI is InChI=1S/C14H21NO/c1-10-7-8-14(13(9-10)11(2)15)16-12-5-3-4-6-12/h7-9,11-12H,3-6,15H2,1-2H3/t11-/m0/s1. The second-order valence-electron chi connectivity index (χ2n) is 4.85. The summed E-state index contributed by atoms with van der Waals surface area (Å²) in [6, 6.07) is 6.33. The van der Waals surface area contributed by atoms with E-state index in [-0.39, 0.29) is 6.04 Å². The van der Waals surface area contributed by atoms with E-state index in [0.717, 1.165) is 11.3 Å². The maximum atomic E-state index is 6.04. The highest BCUT2D eigenvalue weighted by atomic mass is 16.5. The summed E-state index contributed by atoms with van der Waals surface area (Å²) < 4.78 is 6.04. The summed E-state index contributed by atoms with van der Waals surface area (Å²) in [5.41, 5.74) is 8.35. The van der Waals surface area contributed by atoms with Crippen molar-refractivity contribution < 1.29 is 4.74 Å². The van der Waals surface area contributed by atoms with Gasteiger partial charge in [0.05, 0.1) is 6.10 Å². The van der Waals surface area contributed by atoms with Crippen molar-refractivity contribution in [3.05, 3.63) is 29.3 Å². The molecule has 0 unspecified atom stereocenters. The van der Waals surface area contributed by atoms with E-state index in [0.29, 0.717) is 6.10 Å². The molecule has 1 aliphatic rings. The topological polar surface area (TPSA) is 35.2 Å². The quantitative estimate of drug-likeness (QED) is 0.846. The summed E-state index contributed by atoms with van der Waals surface area (Å²) in [6.45, 7) is 4.10. The fourth-order valence-corrected chi connectivity index (χ4v) is 2.32. The zero-order valence-electron chi connectivity index (χ0n) is 10.2. The predicted molar refractivity (Wildman–Crippen MR) is 66.7 cm³/mol. The largest absolute Gasteiger partial charge is 0.490 e. The van der Waals surface area contributed by atoms with Crippen LogP contribution in [-0.2, 0) is 0 Å². The smallest absolute Gasteiger partial charge is 0.124 e. The molecule has 0 saturated heterocycles. The number of hydrogen-bond acceptors (Lipinski definition) is 2. The molecule has 0 radical (unpaired) electrons. The van der Waals surface area contributed by atoms with Crippen LogP contribution in [0.1, 0.15) is 49.8 Å². The fraction of sp³-hybridized carbons (Fsp3) is 0.571. The molecule has 1 aromatic carbocycles. The van der Waals surface area contributed by atoms with Crippen molar-refractivity contribution in [1.29, 1.82) is 0 Å². The second-order valence-corrected chi connectivity index (χ2v) is 4.85.